The maximum Gasteiger partial charge on any atom is 0.341 e. The predicted octanol–water partition coefficient (Wildman–Crippen LogP) is 1.21. The number of primary amides is 1. The first kappa shape index (κ1) is 19.9. The van der Waals surface area contributed by atoms with Crippen molar-refractivity contribution < 1.29 is 14.7 Å². The number of pyridine rings is 2. The number of fused-ring (bicyclic) bond motifs is 1. The summed E-state index contributed by atoms with van der Waals surface area (Å²) in [5.74, 6) is -1.17. The van der Waals surface area contributed by atoms with Crippen molar-refractivity contribution in [2.75, 3.05) is 18.0 Å². The van der Waals surface area contributed by atoms with E-state index in [1.807, 2.05) is 4.90 Å². The number of hydrogen-bond donors (Lipinski definition) is 2. The van der Waals surface area contributed by atoms with E-state index in [-0.39, 0.29) is 17.0 Å². The van der Waals surface area contributed by atoms with Gasteiger partial charge >= 0.3 is 5.97 Å². The molecule has 11 nitrogen and oxygen atoms in total. The van der Waals surface area contributed by atoms with Crippen LogP contribution in [0.4, 0.5) is 5.82 Å². The number of carbonyl (C=O) groups is 2. The highest BCUT2D eigenvalue weighted by Crippen LogP contribution is 2.30. The van der Waals surface area contributed by atoms with Crippen LogP contribution in [0.3, 0.4) is 0 Å². The van der Waals surface area contributed by atoms with E-state index in [0.29, 0.717) is 40.8 Å². The molecule has 5 rings (SSSR count). The summed E-state index contributed by atoms with van der Waals surface area (Å²) < 4.78 is 3.25. The summed E-state index contributed by atoms with van der Waals surface area (Å²) in [6, 6.07) is 1.83. The van der Waals surface area contributed by atoms with E-state index in [4.69, 9.17) is 10.7 Å². The topological polar surface area (TPSA) is 149 Å². The zero-order valence-electron chi connectivity index (χ0n) is 16.8. The molecule has 32 heavy (non-hydrogen) atoms. The second kappa shape index (κ2) is 7.27. The first-order valence-corrected chi connectivity index (χ1v) is 10.5. The number of thiazole rings is 1. The third-order valence-electron chi connectivity index (χ3n) is 5.44. The molecule has 0 radical (unpaired) electrons. The molecular weight excluding hydrogens is 434 g/mol. The van der Waals surface area contributed by atoms with Gasteiger partial charge in [-0.2, -0.15) is 5.10 Å². The van der Waals surface area contributed by atoms with Gasteiger partial charge in [0.1, 0.15) is 11.4 Å². The number of hydrogen-bond acceptors (Lipinski definition) is 8. The van der Waals surface area contributed by atoms with Crippen molar-refractivity contribution in [2.45, 2.75) is 13.0 Å². The Bertz CT molecular complexity index is 1430. The Morgan fingerprint density at radius 1 is 1.28 bits per heavy atom. The lowest BCUT2D eigenvalue weighted by Gasteiger charge is -2.40. The van der Waals surface area contributed by atoms with Crippen molar-refractivity contribution in [3.63, 3.8) is 0 Å². The molecule has 0 aromatic carbocycles. The minimum atomic E-state index is -1.30. The zero-order chi connectivity index (χ0) is 22.6. The molecule has 4 aromatic heterocycles. The van der Waals surface area contributed by atoms with Gasteiger partial charge in [0.05, 0.1) is 23.2 Å². The maximum absolute atomic E-state index is 12.9. The summed E-state index contributed by atoms with van der Waals surface area (Å²) in [4.78, 5) is 46.8. The summed E-state index contributed by atoms with van der Waals surface area (Å²) in [5.41, 5.74) is 5.71. The van der Waals surface area contributed by atoms with Crippen molar-refractivity contribution in [1.82, 2.24) is 24.3 Å². The van der Waals surface area contributed by atoms with Crippen LogP contribution in [0, 0.1) is 6.92 Å². The van der Waals surface area contributed by atoms with Gasteiger partial charge in [-0.05, 0) is 18.6 Å². The number of carboxylic acids is 1. The van der Waals surface area contributed by atoms with Crippen LogP contribution < -0.4 is 16.1 Å². The third kappa shape index (κ3) is 3.12. The molecule has 1 amide bonds. The summed E-state index contributed by atoms with van der Waals surface area (Å²) in [6.45, 7) is 2.97. The van der Waals surface area contributed by atoms with E-state index in [9.17, 15) is 19.5 Å². The number of nitrogens with zero attached hydrogens (tertiary/aromatic N) is 6. The highest BCUT2D eigenvalue weighted by atomic mass is 32.1. The van der Waals surface area contributed by atoms with Gasteiger partial charge in [-0.15, -0.1) is 11.3 Å². The Hall–Kier alpha value is -4.06. The molecule has 1 fully saturated rings. The molecule has 162 valence electrons. The number of nitrogens with two attached hydrogens (primary N) is 1. The molecule has 12 heteroatoms. The molecule has 4 aromatic rings. The quantitative estimate of drug-likeness (QED) is 0.460. The van der Waals surface area contributed by atoms with Crippen LogP contribution in [0.25, 0.3) is 16.2 Å². The molecular formula is C20H17N7O4S. The van der Waals surface area contributed by atoms with Crippen molar-refractivity contribution in [2.24, 2.45) is 5.73 Å². The van der Waals surface area contributed by atoms with E-state index < -0.39 is 17.3 Å². The van der Waals surface area contributed by atoms with E-state index in [1.165, 1.54) is 23.7 Å². The van der Waals surface area contributed by atoms with E-state index in [1.54, 1.807) is 40.0 Å². The van der Waals surface area contributed by atoms with Crippen LogP contribution >= 0.6 is 11.3 Å². The fourth-order valence-electron chi connectivity index (χ4n) is 3.75. The number of aryl methyl sites for hydroxylation is 1. The van der Waals surface area contributed by atoms with Crippen molar-refractivity contribution in [3.8, 4) is 5.13 Å². The predicted molar refractivity (Wildman–Crippen MR) is 117 cm³/mol. The molecule has 1 aliphatic rings. The molecule has 0 unspecified atom stereocenters. The van der Waals surface area contributed by atoms with Crippen LogP contribution in [-0.4, -0.2) is 54.4 Å². The molecule has 3 N–H and O–H groups in total. The third-order valence-corrected chi connectivity index (χ3v) is 6.21. The number of aromatic carboxylic acids is 1. The van der Waals surface area contributed by atoms with Crippen LogP contribution in [0.5, 0.6) is 0 Å². The Morgan fingerprint density at radius 3 is 2.69 bits per heavy atom. The Morgan fingerprint density at radius 2 is 2.06 bits per heavy atom. The van der Waals surface area contributed by atoms with Crippen LogP contribution in [0.2, 0.25) is 0 Å². The zero-order valence-corrected chi connectivity index (χ0v) is 17.6. The maximum atomic E-state index is 12.9. The molecule has 1 saturated heterocycles. The largest absolute Gasteiger partial charge is 0.477 e. The van der Waals surface area contributed by atoms with Gasteiger partial charge in [-0.3, -0.25) is 18.8 Å². The highest BCUT2D eigenvalue weighted by molar-refractivity contribution is 7.12. The van der Waals surface area contributed by atoms with Gasteiger partial charge in [-0.1, -0.05) is 0 Å². The second-order valence-corrected chi connectivity index (χ2v) is 8.36. The van der Waals surface area contributed by atoms with Crippen LogP contribution in [0.15, 0.2) is 41.0 Å². The smallest absolute Gasteiger partial charge is 0.341 e. The molecule has 0 spiro atoms. The van der Waals surface area contributed by atoms with Gasteiger partial charge < -0.3 is 15.7 Å². The molecule has 0 saturated carbocycles. The second-order valence-electron chi connectivity index (χ2n) is 7.49. The molecule has 1 aliphatic heterocycles. The first-order valence-electron chi connectivity index (χ1n) is 9.62. The molecule has 0 aliphatic carbocycles. The molecule has 5 heterocycles. The number of aromatic nitrogens is 5. The summed E-state index contributed by atoms with van der Waals surface area (Å²) in [5, 5.41) is 16.2. The monoisotopic (exact) mass is 451 g/mol. The van der Waals surface area contributed by atoms with Gasteiger partial charge in [0.15, 0.2) is 10.8 Å². The van der Waals surface area contributed by atoms with Gasteiger partial charge in [0.2, 0.25) is 5.43 Å². The van der Waals surface area contributed by atoms with Gasteiger partial charge in [0, 0.05) is 37.1 Å². The Labute approximate surface area is 184 Å². The number of rotatable bonds is 5. The SMILES string of the molecule is Cc1cc(N2CC(n3cc(C(N)=O)cn3)C2)nc2c1c(=O)c(C(=O)O)cn2-c1nccs1. The van der Waals surface area contributed by atoms with Gasteiger partial charge in [-0.25, -0.2) is 14.8 Å². The Kier molecular flexibility index (Phi) is 4.51. The fourth-order valence-corrected chi connectivity index (χ4v) is 4.36. The fraction of sp³-hybridized carbons (Fsp3) is 0.200. The first-order chi connectivity index (χ1) is 15.3. The number of amides is 1. The lowest BCUT2D eigenvalue weighted by Crippen LogP contribution is -2.48. The standard InChI is InChI=1S/C20H17N7O4S/c1-10-4-14(25-7-12(8-25)27-6-11(5-23-27)17(21)29)24-18-15(10)16(28)13(19(30)31)9-26(18)20-22-2-3-32-20/h2-6,9,12H,7-8H2,1H3,(H2,21,29)(H,30,31). The molecule has 0 bridgehead atoms. The molecule has 0 atom stereocenters. The average Bonchev–Trinajstić information content (AvgIpc) is 3.39. The van der Waals surface area contributed by atoms with E-state index >= 15 is 0 Å². The summed E-state index contributed by atoms with van der Waals surface area (Å²) in [7, 11) is 0. The normalized spacial score (nSPS) is 14.0. The lowest BCUT2D eigenvalue weighted by molar-refractivity contribution is 0.0695. The van der Waals surface area contributed by atoms with Crippen molar-refractivity contribution >= 4 is 40.1 Å². The minimum Gasteiger partial charge on any atom is -0.477 e. The van der Waals surface area contributed by atoms with Crippen LogP contribution in [0.1, 0.15) is 32.3 Å². The minimum absolute atomic E-state index is 0.0523. The highest BCUT2D eigenvalue weighted by Gasteiger charge is 2.31. The van der Waals surface area contributed by atoms with Gasteiger partial charge in [0.25, 0.3) is 5.91 Å². The van der Waals surface area contributed by atoms with E-state index in [0.717, 1.165) is 0 Å². The number of anilines is 1. The van der Waals surface area contributed by atoms with Crippen molar-refractivity contribution in [1.29, 1.82) is 0 Å². The number of carbonyl (C=O) groups excluding carboxylic acids is 1. The summed E-state index contributed by atoms with van der Waals surface area (Å²) in [6.07, 6.45) is 5.94. The summed E-state index contributed by atoms with van der Waals surface area (Å²) >= 11 is 1.31. The van der Waals surface area contributed by atoms with Crippen molar-refractivity contribution in [3.05, 3.63) is 63.1 Å². The lowest BCUT2D eigenvalue weighted by atomic mass is 10.1. The van der Waals surface area contributed by atoms with Crippen LogP contribution in [-0.2, 0) is 0 Å². The average molecular weight is 451 g/mol. The number of carboxylic acid groups (broad SMARTS) is 1. The van der Waals surface area contributed by atoms with E-state index in [2.05, 4.69) is 10.1 Å². The Balaban J connectivity index is 1.55.